The summed E-state index contributed by atoms with van der Waals surface area (Å²) < 4.78 is 9.77. The zero-order valence-corrected chi connectivity index (χ0v) is 13.1. The maximum atomic E-state index is 8.55. The Labute approximate surface area is 115 Å². The number of unbranched alkanes of at least 4 members (excludes halogenated alkanes) is 4. The molecule has 0 radical (unpaired) electrons. The minimum Gasteiger partial charge on any atom is -0.822 e. The molecule has 0 aromatic rings. The van der Waals surface area contributed by atoms with E-state index in [0.717, 1.165) is 0 Å². The third-order valence-electron chi connectivity index (χ3n) is 2.73. The van der Waals surface area contributed by atoms with Gasteiger partial charge in [0.25, 0.3) is 0 Å². The zero-order chi connectivity index (χ0) is 14.7. The highest BCUT2D eigenvalue weighted by atomic mass is 31.2. The molecule has 0 aliphatic carbocycles. The van der Waals surface area contributed by atoms with Gasteiger partial charge in [-0.15, -0.1) is 0 Å². The summed E-state index contributed by atoms with van der Waals surface area (Å²) in [5, 5.41) is 0. The van der Waals surface area contributed by atoms with Crippen LogP contribution in [0.15, 0.2) is 0 Å². The van der Waals surface area contributed by atoms with Gasteiger partial charge in [-0.3, -0.25) is 0 Å². The predicted octanol–water partition coefficient (Wildman–Crippen LogP) is 0.844. The van der Waals surface area contributed by atoms with Crippen LogP contribution in [0.25, 0.3) is 0 Å². The van der Waals surface area contributed by atoms with Crippen LogP contribution in [0, 0.1) is 0 Å². The summed E-state index contributed by atoms with van der Waals surface area (Å²) >= 11 is 0. The average Bonchev–Trinajstić information content (AvgIpc) is 2.19. The largest absolute Gasteiger partial charge is 1.00 e. The first-order valence-electron chi connectivity index (χ1n) is 6.67. The highest BCUT2D eigenvalue weighted by molar-refractivity contribution is 7.40. The van der Waals surface area contributed by atoms with Crippen molar-refractivity contribution >= 4 is 7.82 Å². The van der Waals surface area contributed by atoms with Crippen LogP contribution in [0.2, 0.25) is 0 Å². The van der Waals surface area contributed by atoms with Crippen molar-refractivity contribution in [2.24, 2.45) is 0 Å². The molecular weight excluding hydrogens is 253 g/mol. The van der Waals surface area contributed by atoms with Crippen molar-refractivity contribution in [3.63, 3.8) is 0 Å². The summed E-state index contributed by atoms with van der Waals surface area (Å²) in [6.45, 7) is 7.26. The van der Waals surface area contributed by atoms with Crippen LogP contribution in [0.1, 0.15) is 55.2 Å². The molecule has 18 heavy (non-hydrogen) atoms. The quantitative estimate of drug-likeness (QED) is 0.375. The first-order valence-corrected chi connectivity index (χ1v) is 8.13. The Morgan fingerprint density at radius 3 is 1.67 bits per heavy atom. The van der Waals surface area contributed by atoms with Crippen LogP contribution in [0.3, 0.4) is 0 Å². The zero-order valence-electron chi connectivity index (χ0n) is 14.2. The Morgan fingerprint density at radius 1 is 0.889 bits per heavy atom. The van der Waals surface area contributed by atoms with Gasteiger partial charge in [-0.2, -0.15) is 7.82 Å². The molecule has 0 aromatic carbocycles. The van der Waals surface area contributed by atoms with Gasteiger partial charge in [0.15, 0.2) is 0 Å². The van der Waals surface area contributed by atoms with Crippen LogP contribution < -0.4 is 14.7 Å². The fraction of sp³-hybridized carbons (Fsp3) is 1.00. The SMILES string of the molecule is CCCCCC[N+](C)(C)CCCC.O=P([O-])([O-])[O-].[H+].[H+]. The van der Waals surface area contributed by atoms with Crippen LogP contribution >= 0.6 is 7.82 Å². The van der Waals surface area contributed by atoms with Gasteiger partial charge >= 0.3 is 2.85 Å². The highest BCUT2D eigenvalue weighted by Gasteiger charge is 2.12. The summed E-state index contributed by atoms with van der Waals surface area (Å²) in [4.78, 5) is 25.6. The minimum absolute atomic E-state index is 0. The Bertz CT molecular complexity index is 229. The second-order valence-electron chi connectivity index (χ2n) is 5.24. The van der Waals surface area contributed by atoms with Crippen LogP contribution in [-0.2, 0) is 4.57 Å². The average molecular weight is 283 g/mol. The normalized spacial score (nSPS) is 11.9. The monoisotopic (exact) mass is 283 g/mol. The summed E-state index contributed by atoms with van der Waals surface area (Å²) in [5.74, 6) is 0. The smallest absolute Gasteiger partial charge is 0.822 e. The second kappa shape index (κ2) is 10.9. The lowest BCUT2D eigenvalue weighted by atomic mass is 10.2. The Balaban J connectivity index is -0.000000158. The molecule has 0 aliphatic rings. The molecule has 0 saturated carbocycles. The predicted molar refractivity (Wildman–Crippen MR) is 70.7 cm³/mol. The molecule has 0 unspecified atom stereocenters. The summed E-state index contributed by atoms with van der Waals surface area (Å²) in [7, 11) is -0.663. The van der Waals surface area contributed by atoms with E-state index in [1.165, 1.54) is 56.1 Å². The van der Waals surface area contributed by atoms with Crippen molar-refractivity contribution in [2.75, 3.05) is 27.2 Å². The van der Waals surface area contributed by atoms with E-state index >= 15 is 0 Å². The number of hydrogen-bond acceptors (Lipinski definition) is 4. The van der Waals surface area contributed by atoms with Gasteiger partial charge in [-0.1, -0.05) is 33.1 Å². The van der Waals surface area contributed by atoms with Crippen molar-refractivity contribution in [3.8, 4) is 0 Å². The lowest BCUT2D eigenvalue weighted by Crippen LogP contribution is -2.41. The van der Waals surface area contributed by atoms with Crippen molar-refractivity contribution in [2.45, 2.75) is 52.4 Å². The topological polar surface area (TPSA) is 86.2 Å². The van der Waals surface area contributed by atoms with Gasteiger partial charge in [-0.25, -0.2) is 0 Å². The van der Waals surface area contributed by atoms with E-state index in [4.69, 9.17) is 19.2 Å². The van der Waals surface area contributed by atoms with Gasteiger partial charge in [0, 0.05) is 0 Å². The van der Waals surface area contributed by atoms with Crippen molar-refractivity contribution in [3.05, 3.63) is 0 Å². The van der Waals surface area contributed by atoms with Gasteiger partial charge in [0.1, 0.15) is 0 Å². The van der Waals surface area contributed by atoms with E-state index in [-0.39, 0.29) is 2.85 Å². The molecule has 0 rings (SSSR count). The molecule has 0 bridgehead atoms. The van der Waals surface area contributed by atoms with E-state index in [0.29, 0.717) is 0 Å². The van der Waals surface area contributed by atoms with Gasteiger partial charge < -0.3 is 23.7 Å². The maximum absolute atomic E-state index is 8.55. The van der Waals surface area contributed by atoms with Crippen LogP contribution in [0.5, 0.6) is 0 Å². The van der Waals surface area contributed by atoms with E-state index in [1.807, 2.05) is 0 Å². The summed E-state index contributed by atoms with van der Waals surface area (Å²) in [5.41, 5.74) is 0. The first kappa shape index (κ1) is 20.4. The number of rotatable bonds is 8. The first-order chi connectivity index (χ1) is 8.12. The standard InChI is InChI=1S/C12H28N.H3O4P/c1-5-7-9-10-12-13(3,4)11-8-6-2;1-5(2,3)4/h5-12H2,1-4H3;(H3,1,2,3,4)/q+1;/p-1. The molecule has 6 heteroatoms. The molecule has 0 spiro atoms. The van der Waals surface area contributed by atoms with E-state index in [1.54, 1.807) is 0 Å². The molecule has 0 fully saturated rings. The molecular formula is C12H30NO4P. The molecule has 5 nitrogen and oxygen atoms in total. The molecule has 0 amide bonds. The summed E-state index contributed by atoms with van der Waals surface area (Å²) in [6, 6.07) is 0. The Hall–Kier alpha value is 0.0700. The lowest BCUT2D eigenvalue weighted by Gasteiger charge is -2.36. The van der Waals surface area contributed by atoms with Crippen molar-refractivity contribution < 1.29 is 26.6 Å². The van der Waals surface area contributed by atoms with E-state index in [9.17, 15) is 0 Å². The lowest BCUT2D eigenvalue weighted by molar-refractivity contribution is -0.890. The molecule has 112 valence electrons. The summed E-state index contributed by atoms with van der Waals surface area (Å²) in [6.07, 6.45) is 8.29. The van der Waals surface area contributed by atoms with E-state index in [2.05, 4.69) is 27.9 Å². The Morgan fingerprint density at radius 2 is 1.28 bits per heavy atom. The number of phosphoric acid groups is 1. The number of quaternary nitrogens is 1. The van der Waals surface area contributed by atoms with Crippen molar-refractivity contribution in [1.29, 1.82) is 0 Å². The van der Waals surface area contributed by atoms with Gasteiger partial charge in [0.2, 0.25) is 0 Å². The number of hydrogen-bond donors (Lipinski definition) is 0. The van der Waals surface area contributed by atoms with Crippen LogP contribution in [0.4, 0.5) is 0 Å². The molecule has 0 aromatic heterocycles. The molecule has 0 atom stereocenters. The maximum Gasteiger partial charge on any atom is 1.00 e. The molecule has 0 saturated heterocycles. The van der Waals surface area contributed by atoms with Crippen molar-refractivity contribution in [1.82, 2.24) is 0 Å². The highest BCUT2D eigenvalue weighted by Crippen LogP contribution is 2.07. The third kappa shape index (κ3) is 25.1. The van der Waals surface area contributed by atoms with Gasteiger partial charge in [-0.05, 0) is 19.3 Å². The van der Waals surface area contributed by atoms with E-state index < -0.39 is 7.82 Å². The van der Waals surface area contributed by atoms with Crippen LogP contribution in [-0.4, -0.2) is 31.7 Å². The fourth-order valence-corrected chi connectivity index (χ4v) is 1.66. The second-order valence-corrected chi connectivity index (χ2v) is 6.14. The Kier molecular flexibility index (Phi) is 12.4. The third-order valence-corrected chi connectivity index (χ3v) is 2.73. The molecule has 0 N–H and O–H groups in total. The number of nitrogens with zero attached hydrogens (tertiary/aromatic N) is 1. The minimum atomic E-state index is -5.39. The molecule has 0 aliphatic heterocycles. The van der Waals surface area contributed by atoms with Gasteiger partial charge in [0.05, 0.1) is 27.2 Å². The fourth-order valence-electron chi connectivity index (χ4n) is 1.66. The molecule has 0 heterocycles.